The number of hydrogen-bond donors (Lipinski definition) is 2. The molecule has 17 heavy (non-hydrogen) atoms. The first-order valence-corrected chi connectivity index (χ1v) is 7.94. The van der Waals surface area contributed by atoms with Crippen LogP contribution in [-0.2, 0) is 10.0 Å². The van der Waals surface area contributed by atoms with Crippen LogP contribution in [0.25, 0.3) is 0 Å². The fourth-order valence-corrected chi connectivity index (χ4v) is 3.80. The maximum Gasteiger partial charge on any atom is 0.214 e. The van der Waals surface area contributed by atoms with E-state index in [0.717, 1.165) is 19.3 Å². The van der Waals surface area contributed by atoms with Crippen molar-refractivity contribution in [1.82, 2.24) is 4.31 Å². The Balaban J connectivity index is 4.65. The summed E-state index contributed by atoms with van der Waals surface area (Å²) >= 11 is 0. The molecule has 6 heteroatoms. The third-order valence-electron chi connectivity index (χ3n) is 2.88. The summed E-state index contributed by atoms with van der Waals surface area (Å²) in [7, 11) is -3.26. The molecule has 0 fully saturated rings. The van der Waals surface area contributed by atoms with E-state index in [2.05, 4.69) is 0 Å². The second-order valence-electron chi connectivity index (χ2n) is 4.12. The number of hydrogen-bond acceptors (Lipinski definition) is 4. The van der Waals surface area contributed by atoms with Gasteiger partial charge in [0.2, 0.25) is 10.0 Å². The second-order valence-corrected chi connectivity index (χ2v) is 6.16. The fourth-order valence-electron chi connectivity index (χ4n) is 1.89. The third-order valence-corrected chi connectivity index (χ3v) is 4.88. The Bertz CT molecular complexity index is 276. The molecule has 0 bridgehead atoms. The van der Waals surface area contributed by atoms with Crippen molar-refractivity contribution in [2.75, 3.05) is 25.4 Å². The molecule has 0 saturated carbocycles. The minimum absolute atomic E-state index is 0.00923. The van der Waals surface area contributed by atoms with Crippen LogP contribution in [0.1, 0.15) is 39.5 Å². The number of nitrogens with zero attached hydrogens (tertiary/aromatic N) is 1. The first-order valence-electron chi connectivity index (χ1n) is 6.33. The van der Waals surface area contributed by atoms with Gasteiger partial charge in [0.15, 0.2) is 0 Å². The highest BCUT2D eigenvalue weighted by Gasteiger charge is 2.26. The van der Waals surface area contributed by atoms with Crippen molar-refractivity contribution in [3.63, 3.8) is 0 Å². The van der Waals surface area contributed by atoms with Gasteiger partial charge in [-0.3, -0.25) is 0 Å². The maximum atomic E-state index is 12.1. The topological polar surface area (TPSA) is 83.6 Å². The number of aliphatic hydroxyl groups is 1. The van der Waals surface area contributed by atoms with Gasteiger partial charge in [0.25, 0.3) is 0 Å². The molecule has 3 N–H and O–H groups in total. The molecule has 0 rings (SSSR count). The van der Waals surface area contributed by atoms with Crippen LogP contribution in [0, 0.1) is 0 Å². The van der Waals surface area contributed by atoms with Crippen LogP contribution >= 0.6 is 0 Å². The van der Waals surface area contributed by atoms with E-state index in [1.165, 1.54) is 4.31 Å². The van der Waals surface area contributed by atoms with E-state index in [9.17, 15) is 8.42 Å². The maximum absolute atomic E-state index is 12.1. The molecular weight excluding hydrogens is 240 g/mol. The molecule has 0 aromatic rings. The minimum atomic E-state index is -3.26. The predicted octanol–water partition coefficient (Wildman–Crippen LogP) is 0.538. The van der Waals surface area contributed by atoms with Gasteiger partial charge in [-0.1, -0.05) is 13.8 Å². The number of rotatable bonds is 10. The Morgan fingerprint density at radius 1 is 1.24 bits per heavy atom. The lowest BCUT2D eigenvalue weighted by molar-refractivity contribution is 0.219. The quantitative estimate of drug-likeness (QED) is 0.565. The van der Waals surface area contributed by atoms with Gasteiger partial charge < -0.3 is 10.8 Å². The summed E-state index contributed by atoms with van der Waals surface area (Å²) in [6.07, 6.45) is 2.84. The molecule has 0 radical (unpaired) electrons. The van der Waals surface area contributed by atoms with Crippen LogP contribution in [-0.4, -0.2) is 49.3 Å². The van der Waals surface area contributed by atoms with Gasteiger partial charge in [0.05, 0.1) is 12.4 Å². The predicted molar refractivity (Wildman–Crippen MR) is 70.2 cm³/mol. The van der Waals surface area contributed by atoms with Crippen LogP contribution in [0.3, 0.4) is 0 Å². The summed E-state index contributed by atoms with van der Waals surface area (Å²) in [6, 6.07) is -0.00923. The SMILES string of the molecule is CCC(CC)N(CCO)S(=O)(=O)CCCCN. The van der Waals surface area contributed by atoms with E-state index in [1.807, 2.05) is 13.8 Å². The van der Waals surface area contributed by atoms with Gasteiger partial charge in [-0.2, -0.15) is 4.31 Å². The second kappa shape index (κ2) is 8.85. The Morgan fingerprint density at radius 2 is 1.82 bits per heavy atom. The van der Waals surface area contributed by atoms with Crippen molar-refractivity contribution in [1.29, 1.82) is 0 Å². The van der Waals surface area contributed by atoms with Crippen LogP contribution in [0.2, 0.25) is 0 Å². The van der Waals surface area contributed by atoms with Gasteiger partial charge in [-0.15, -0.1) is 0 Å². The van der Waals surface area contributed by atoms with E-state index in [1.54, 1.807) is 0 Å². The first kappa shape index (κ1) is 16.8. The molecule has 0 unspecified atom stereocenters. The van der Waals surface area contributed by atoms with Gasteiger partial charge in [-0.05, 0) is 32.2 Å². The highest BCUT2D eigenvalue weighted by atomic mass is 32.2. The molecule has 0 saturated heterocycles. The van der Waals surface area contributed by atoms with E-state index in [4.69, 9.17) is 10.8 Å². The summed E-state index contributed by atoms with van der Waals surface area (Å²) in [5, 5.41) is 8.99. The lowest BCUT2D eigenvalue weighted by atomic mass is 10.2. The van der Waals surface area contributed by atoms with Crippen molar-refractivity contribution in [2.45, 2.75) is 45.6 Å². The Kier molecular flexibility index (Phi) is 8.77. The van der Waals surface area contributed by atoms with Crippen molar-refractivity contribution in [2.24, 2.45) is 5.73 Å². The largest absolute Gasteiger partial charge is 0.395 e. The average molecular weight is 266 g/mol. The Labute approximate surface area is 105 Å². The van der Waals surface area contributed by atoms with Gasteiger partial charge in [-0.25, -0.2) is 8.42 Å². The Hall–Kier alpha value is -0.170. The molecule has 0 aromatic heterocycles. The standard InChI is InChI=1S/C11H26N2O3S/c1-3-11(4-2)13(8-9-14)17(15,16)10-6-5-7-12/h11,14H,3-10,12H2,1-2H3. The van der Waals surface area contributed by atoms with E-state index < -0.39 is 10.0 Å². The highest BCUT2D eigenvalue weighted by molar-refractivity contribution is 7.89. The molecule has 0 atom stereocenters. The number of aliphatic hydroxyl groups excluding tert-OH is 1. The van der Waals surface area contributed by atoms with Crippen molar-refractivity contribution in [3.05, 3.63) is 0 Å². The fraction of sp³-hybridized carbons (Fsp3) is 1.00. The number of sulfonamides is 1. The van der Waals surface area contributed by atoms with Crippen molar-refractivity contribution >= 4 is 10.0 Å². The van der Waals surface area contributed by atoms with Crippen LogP contribution in [0.5, 0.6) is 0 Å². The van der Waals surface area contributed by atoms with Crippen molar-refractivity contribution in [3.8, 4) is 0 Å². The zero-order valence-corrected chi connectivity index (χ0v) is 11.7. The molecule has 5 nitrogen and oxygen atoms in total. The van der Waals surface area contributed by atoms with E-state index >= 15 is 0 Å². The summed E-state index contributed by atoms with van der Waals surface area (Å²) < 4.78 is 25.7. The smallest absolute Gasteiger partial charge is 0.214 e. The summed E-state index contributed by atoms with van der Waals surface area (Å²) in [4.78, 5) is 0. The lowest BCUT2D eigenvalue weighted by Crippen LogP contribution is -2.42. The molecule has 0 aliphatic rings. The van der Waals surface area contributed by atoms with Crippen LogP contribution in [0.15, 0.2) is 0 Å². The van der Waals surface area contributed by atoms with Crippen LogP contribution in [0.4, 0.5) is 0 Å². The molecular formula is C11H26N2O3S. The summed E-state index contributed by atoms with van der Waals surface area (Å²) in [6.45, 7) is 4.51. The normalized spacial score (nSPS) is 12.6. The third kappa shape index (κ3) is 5.81. The molecule has 0 aliphatic heterocycles. The van der Waals surface area contributed by atoms with E-state index in [-0.39, 0.29) is 24.9 Å². The van der Waals surface area contributed by atoms with E-state index in [0.29, 0.717) is 13.0 Å². The molecule has 0 spiro atoms. The monoisotopic (exact) mass is 266 g/mol. The summed E-state index contributed by atoms with van der Waals surface area (Å²) in [5.74, 6) is 0.126. The molecule has 104 valence electrons. The minimum Gasteiger partial charge on any atom is -0.395 e. The lowest BCUT2D eigenvalue weighted by Gasteiger charge is -2.29. The van der Waals surface area contributed by atoms with Gasteiger partial charge in [0.1, 0.15) is 0 Å². The molecule has 0 heterocycles. The number of unbranched alkanes of at least 4 members (excludes halogenated alkanes) is 1. The van der Waals surface area contributed by atoms with Gasteiger partial charge in [0, 0.05) is 12.6 Å². The molecule has 0 aliphatic carbocycles. The zero-order valence-electron chi connectivity index (χ0n) is 10.9. The van der Waals surface area contributed by atoms with Crippen LogP contribution < -0.4 is 5.73 Å². The van der Waals surface area contributed by atoms with Gasteiger partial charge >= 0.3 is 0 Å². The Morgan fingerprint density at radius 3 is 2.24 bits per heavy atom. The van der Waals surface area contributed by atoms with Crippen molar-refractivity contribution < 1.29 is 13.5 Å². The first-order chi connectivity index (χ1) is 8.03. The summed E-state index contributed by atoms with van der Waals surface area (Å²) in [5.41, 5.74) is 5.36. The number of nitrogens with two attached hydrogens (primary N) is 1. The zero-order chi connectivity index (χ0) is 13.3. The average Bonchev–Trinajstić information content (AvgIpc) is 2.29. The highest BCUT2D eigenvalue weighted by Crippen LogP contribution is 2.15. The molecule has 0 aromatic carbocycles. The molecule has 0 amide bonds.